The van der Waals surface area contributed by atoms with Crippen LogP contribution in [-0.2, 0) is 25.5 Å². The van der Waals surface area contributed by atoms with Crippen LogP contribution in [0.5, 0.6) is 5.75 Å². The fourth-order valence-corrected chi connectivity index (χ4v) is 3.61. The van der Waals surface area contributed by atoms with Crippen LogP contribution < -0.4 is 10.1 Å². The Kier molecular flexibility index (Phi) is 7.11. The minimum Gasteiger partial charge on any atom is -0.497 e. The number of nitrogens with one attached hydrogen (secondary N) is 2. The van der Waals surface area contributed by atoms with Crippen molar-refractivity contribution in [1.29, 1.82) is 0 Å². The van der Waals surface area contributed by atoms with Crippen LogP contribution in [0.15, 0.2) is 30.6 Å². The topological polar surface area (TPSA) is 123 Å². The second-order valence-electron chi connectivity index (χ2n) is 7.03. The van der Waals surface area contributed by atoms with Crippen molar-refractivity contribution < 1.29 is 28.6 Å². The highest BCUT2D eigenvalue weighted by atomic mass is 16.5. The van der Waals surface area contributed by atoms with Crippen molar-refractivity contribution in [2.75, 3.05) is 27.9 Å². The normalized spacial score (nSPS) is 16.1. The molecule has 0 fully saturated rings. The number of hydrogen-bond acceptors (Lipinski definition) is 7. The third kappa shape index (κ3) is 4.96. The molecule has 1 aliphatic heterocycles. The molecule has 1 aromatic carbocycles. The Morgan fingerprint density at radius 3 is 2.58 bits per heavy atom. The molecular formula is C21H26N4O6. The zero-order valence-corrected chi connectivity index (χ0v) is 17.7. The SMILES string of the molecule is COC(=O)CC[C@H](NC(=O)N1CCc2[nH]cnc2[C@@H]1c1ccc(OC)cc1)C(=O)OC. The number of urea groups is 1. The third-order valence-corrected chi connectivity index (χ3v) is 5.27. The summed E-state index contributed by atoms with van der Waals surface area (Å²) in [5.74, 6) is -0.402. The minimum atomic E-state index is -0.978. The molecule has 2 heterocycles. The fourth-order valence-electron chi connectivity index (χ4n) is 3.61. The van der Waals surface area contributed by atoms with Gasteiger partial charge in [-0.25, -0.2) is 14.6 Å². The largest absolute Gasteiger partial charge is 0.497 e. The number of fused-ring (bicyclic) bond motifs is 1. The Morgan fingerprint density at radius 2 is 1.94 bits per heavy atom. The second-order valence-corrected chi connectivity index (χ2v) is 7.03. The van der Waals surface area contributed by atoms with Gasteiger partial charge in [-0.05, 0) is 24.1 Å². The van der Waals surface area contributed by atoms with E-state index >= 15 is 0 Å². The van der Waals surface area contributed by atoms with E-state index in [-0.39, 0.29) is 12.8 Å². The van der Waals surface area contributed by atoms with E-state index in [0.717, 1.165) is 17.0 Å². The van der Waals surface area contributed by atoms with Crippen LogP contribution in [0.25, 0.3) is 0 Å². The molecule has 2 N–H and O–H groups in total. The third-order valence-electron chi connectivity index (χ3n) is 5.27. The maximum atomic E-state index is 13.2. The number of benzene rings is 1. The van der Waals surface area contributed by atoms with E-state index in [2.05, 4.69) is 20.0 Å². The first-order valence-electron chi connectivity index (χ1n) is 9.86. The molecule has 0 spiro atoms. The number of amides is 2. The summed E-state index contributed by atoms with van der Waals surface area (Å²) in [4.78, 5) is 46.1. The van der Waals surface area contributed by atoms with Gasteiger partial charge in [0, 0.05) is 25.1 Å². The van der Waals surface area contributed by atoms with Crippen LogP contribution in [-0.4, -0.2) is 66.8 Å². The van der Waals surface area contributed by atoms with Crippen molar-refractivity contribution in [2.24, 2.45) is 0 Å². The molecule has 2 amide bonds. The summed E-state index contributed by atoms with van der Waals surface area (Å²) >= 11 is 0. The number of aromatic amines is 1. The number of H-pyrrole nitrogens is 1. The van der Waals surface area contributed by atoms with E-state index < -0.39 is 30.1 Å². The van der Waals surface area contributed by atoms with Gasteiger partial charge in [0.2, 0.25) is 0 Å². The summed E-state index contributed by atoms with van der Waals surface area (Å²) in [6.45, 7) is 0.419. The van der Waals surface area contributed by atoms with Crippen LogP contribution in [0.1, 0.15) is 35.8 Å². The first-order valence-corrected chi connectivity index (χ1v) is 9.86. The maximum Gasteiger partial charge on any atom is 0.328 e. The first-order chi connectivity index (χ1) is 15.0. The highest BCUT2D eigenvalue weighted by Gasteiger charge is 2.36. The highest BCUT2D eigenvalue weighted by molar-refractivity contribution is 5.84. The van der Waals surface area contributed by atoms with E-state index in [9.17, 15) is 14.4 Å². The van der Waals surface area contributed by atoms with E-state index in [1.54, 1.807) is 18.3 Å². The van der Waals surface area contributed by atoms with Crippen molar-refractivity contribution in [2.45, 2.75) is 31.3 Å². The van der Waals surface area contributed by atoms with Crippen molar-refractivity contribution in [3.63, 3.8) is 0 Å². The Balaban J connectivity index is 1.84. The second kappa shape index (κ2) is 9.96. The van der Waals surface area contributed by atoms with Crippen LogP contribution in [0, 0.1) is 0 Å². The lowest BCUT2D eigenvalue weighted by Crippen LogP contribution is -2.51. The smallest absolute Gasteiger partial charge is 0.328 e. The van der Waals surface area contributed by atoms with Crippen molar-refractivity contribution >= 4 is 18.0 Å². The Bertz CT molecular complexity index is 926. The molecule has 0 saturated heterocycles. The van der Waals surface area contributed by atoms with Gasteiger partial charge in [-0.1, -0.05) is 12.1 Å². The monoisotopic (exact) mass is 430 g/mol. The lowest BCUT2D eigenvalue weighted by atomic mass is 9.96. The molecule has 1 aromatic heterocycles. The highest BCUT2D eigenvalue weighted by Crippen LogP contribution is 2.34. The van der Waals surface area contributed by atoms with E-state index in [1.807, 2.05) is 24.3 Å². The molecule has 2 aromatic rings. The summed E-state index contributed by atoms with van der Waals surface area (Å²) in [5.41, 5.74) is 2.56. The van der Waals surface area contributed by atoms with E-state index in [1.165, 1.54) is 14.2 Å². The summed E-state index contributed by atoms with van der Waals surface area (Å²) in [6, 6.07) is 5.52. The lowest BCUT2D eigenvalue weighted by molar-refractivity contribution is -0.144. The molecule has 10 nitrogen and oxygen atoms in total. The fraction of sp³-hybridized carbons (Fsp3) is 0.429. The van der Waals surface area contributed by atoms with Gasteiger partial charge in [-0.2, -0.15) is 0 Å². The van der Waals surface area contributed by atoms with Gasteiger partial charge in [0.25, 0.3) is 0 Å². The first kappa shape index (κ1) is 22.1. The van der Waals surface area contributed by atoms with Crippen molar-refractivity contribution in [3.8, 4) is 5.75 Å². The summed E-state index contributed by atoms with van der Waals surface area (Å²) < 4.78 is 14.6. The Morgan fingerprint density at radius 1 is 1.19 bits per heavy atom. The number of nitrogens with zero attached hydrogens (tertiary/aromatic N) is 2. The van der Waals surface area contributed by atoms with Gasteiger partial charge in [-0.15, -0.1) is 0 Å². The molecule has 166 valence electrons. The molecule has 31 heavy (non-hydrogen) atoms. The predicted octanol–water partition coefficient (Wildman–Crippen LogP) is 1.57. The van der Waals surface area contributed by atoms with Gasteiger partial charge < -0.3 is 29.4 Å². The van der Waals surface area contributed by atoms with Crippen LogP contribution in [0.2, 0.25) is 0 Å². The Labute approximate surface area is 179 Å². The average Bonchev–Trinajstić information content (AvgIpc) is 3.29. The standard InChI is InChI=1S/C21H26N4O6/c1-29-14-6-4-13(5-7-14)19-18-15(22-12-23-18)10-11-25(19)21(28)24-16(20(27)31-3)8-9-17(26)30-2/h4-7,12,16,19H,8-11H2,1-3H3,(H,22,23)(H,24,28)/t16-,19-/m0/s1. The minimum absolute atomic E-state index is 0.0258. The maximum absolute atomic E-state index is 13.2. The Hall–Kier alpha value is -3.56. The summed E-state index contributed by atoms with van der Waals surface area (Å²) in [7, 11) is 4.09. The number of methoxy groups -OCH3 is 3. The van der Waals surface area contributed by atoms with Crippen LogP contribution >= 0.6 is 0 Å². The number of carbonyl (C=O) groups excluding carboxylic acids is 3. The molecular weight excluding hydrogens is 404 g/mol. The van der Waals surface area contributed by atoms with Gasteiger partial charge in [0.15, 0.2) is 0 Å². The lowest BCUT2D eigenvalue weighted by Gasteiger charge is -2.36. The van der Waals surface area contributed by atoms with Gasteiger partial charge in [0.05, 0.1) is 33.4 Å². The predicted molar refractivity (Wildman–Crippen MR) is 109 cm³/mol. The van der Waals surface area contributed by atoms with Crippen LogP contribution in [0.4, 0.5) is 4.79 Å². The van der Waals surface area contributed by atoms with Gasteiger partial charge in [0.1, 0.15) is 17.8 Å². The number of rotatable bonds is 7. The quantitative estimate of drug-likeness (QED) is 0.639. The zero-order chi connectivity index (χ0) is 22.4. The number of esters is 2. The number of aromatic nitrogens is 2. The molecule has 3 rings (SSSR count). The molecule has 2 atom stereocenters. The molecule has 0 aliphatic carbocycles. The average molecular weight is 430 g/mol. The van der Waals surface area contributed by atoms with E-state index in [0.29, 0.717) is 18.7 Å². The van der Waals surface area contributed by atoms with E-state index in [4.69, 9.17) is 9.47 Å². The molecule has 0 saturated carbocycles. The number of hydrogen-bond donors (Lipinski definition) is 2. The molecule has 0 unspecified atom stereocenters. The molecule has 0 radical (unpaired) electrons. The summed E-state index contributed by atoms with van der Waals surface area (Å²) in [6.07, 6.45) is 2.25. The molecule has 0 bridgehead atoms. The summed E-state index contributed by atoms with van der Waals surface area (Å²) in [5, 5.41) is 2.70. The number of carbonyl (C=O) groups is 3. The zero-order valence-electron chi connectivity index (χ0n) is 17.7. The molecule has 1 aliphatic rings. The van der Waals surface area contributed by atoms with Crippen molar-refractivity contribution in [3.05, 3.63) is 47.5 Å². The number of ether oxygens (including phenoxy) is 3. The van der Waals surface area contributed by atoms with Gasteiger partial charge in [-0.3, -0.25) is 4.79 Å². The van der Waals surface area contributed by atoms with Crippen LogP contribution in [0.3, 0.4) is 0 Å². The molecule has 10 heteroatoms. The van der Waals surface area contributed by atoms with Gasteiger partial charge >= 0.3 is 18.0 Å². The van der Waals surface area contributed by atoms with Crippen molar-refractivity contribution in [1.82, 2.24) is 20.2 Å². The number of imidazole rings is 1.